The molecular formula is C12H14F3NO. The molecule has 2 N–H and O–H groups in total. The van der Waals surface area contributed by atoms with Crippen LogP contribution >= 0.6 is 0 Å². The van der Waals surface area contributed by atoms with Crippen LogP contribution in [0.2, 0.25) is 0 Å². The van der Waals surface area contributed by atoms with E-state index in [0.717, 1.165) is 0 Å². The molecule has 0 aliphatic heterocycles. The fourth-order valence-corrected chi connectivity index (χ4v) is 1.46. The van der Waals surface area contributed by atoms with Crippen LogP contribution in [0, 0.1) is 0 Å². The maximum Gasteiger partial charge on any atom is 0.389 e. The Labute approximate surface area is 97.6 Å². The van der Waals surface area contributed by atoms with Gasteiger partial charge < -0.3 is 5.73 Å². The van der Waals surface area contributed by atoms with Crippen LogP contribution in [0.3, 0.4) is 0 Å². The molecule has 0 aromatic heterocycles. The van der Waals surface area contributed by atoms with Crippen molar-refractivity contribution in [1.82, 2.24) is 0 Å². The number of hydrogen-bond acceptors (Lipinski definition) is 2. The van der Waals surface area contributed by atoms with Crippen LogP contribution in [0.25, 0.3) is 0 Å². The quantitative estimate of drug-likeness (QED) is 0.866. The first-order valence-electron chi connectivity index (χ1n) is 5.30. The lowest BCUT2D eigenvalue weighted by molar-refractivity contribution is -0.137. The van der Waals surface area contributed by atoms with Crippen LogP contribution in [-0.2, 0) is 4.79 Å². The van der Waals surface area contributed by atoms with Crippen molar-refractivity contribution >= 4 is 5.78 Å². The van der Waals surface area contributed by atoms with Crippen molar-refractivity contribution in [2.75, 3.05) is 0 Å². The van der Waals surface area contributed by atoms with Crippen LogP contribution in [0.4, 0.5) is 13.2 Å². The summed E-state index contributed by atoms with van der Waals surface area (Å²) in [7, 11) is 0. The van der Waals surface area contributed by atoms with E-state index in [2.05, 4.69) is 0 Å². The van der Waals surface area contributed by atoms with Gasteiger partial charge in [-0.25, -0.2) is 0 Å². The van der Waals surface area contributed by atoms with E-state index in [1.165, 1.54) is 0 Å². The smallest absolute Gasteiger partial charge is 0.318 e. The Morgan fingerprint density at radius 1 is 1.24 bits per heavy atom. The number of halogens is 3. The lowest BCUT2D eigenvalue weighted by Crippen LogP contribution is -2.21. The van der Waals surface area contributed by atoms with Crippen molar-refractivity contribution in [2.24, 2.45) is 5.73 Å². The predicted octanol–water partition coefficient (Wildman–Crippen LogP) is 2.99. The van der Waals surface area contributed by atoms with Gasteiger partial charge in [0.2, 0.25) is 0 Å². The Morgan fingerprint density at radius 2 is 1.82 bits per heavy atom. The highest BCUT2D eigenvalue weighted by molar-refractivity contribution is 5.84. The highest BCUT2D eigenvalue weighted by Gasteiger charge is 2.27. The summed E-state index contributed by atoms with van der Waals surface area (Å²) < 4.78 is 35.7. The standard InChI is InChI=1S/C12H14F3NO/c13-12(14,15)8-4-7-10(17)11(16)9-5-2-1-3-6-9/h1-3,5-6,11H,4,7-8,16H2. The minimum Gasteiger partial charge on any atom is -0.318 e. The molecule has 1 atom stereocenters. The zero-order valence-corrected chi connectivity index (χ0v) is 9.20. The van der Waals surface area contributed by atoms with Gasteiger partial charge in [0.05, 0.1) is 6.04 Å². The summed E-state index contributed by atoms with van der Waals surface area (Å²) in [6.07, 6.45) is -5.50. The van der Waals surface area contributed by atoms with E-state index in [9.17, 15) is 18.0 Å². The molecule has 94 valence electrons. The van der Waals surface area contributed by atoms with Gasteiger partial charge in [-0.2, -0.15) is 13.2 Å². The molecule has 17 heavy (non-hydrogen) atoms. The summed E-state index contributed by atoms with van der Waals surface area (Å²) in [6.45, 7) is 0. The van der Waals surface area contributed by atoms with E-state index in [-0.39, 0.29) is 18.6 Å². The molecule has 0 heterocycles. The lowest BCUT2D eigenvalue weighted by Gasteiger charge is -2.11. The molecule has 0 fully saturated rings. The van der Waals surface area contributed by atoms with E-state index >= 15 is 0 Å². The van der Waals surface area contributed by atoms with Gasteiger partial charge in [-0.1, -0.05) is 30.3 Å². The second-order valence-electron chi connectivity index (χ2n) is 3.82. The Balaban J connectivity index is 2.43. The van der Waals surface area contributed by atoms with Gasteiger partial charge in [-0.3, -0.25) is 4.79 Å². The number of benzene rings is 1. The third kappa shape index (κ3) is 4.99. The van der Waals surface area contributed by atoms with Crippen molar-refractivity contribution in [3.63, 3.8) is 0 Å². The summed E-state index contributed by atoms with van der Waals surface area (Å²) in [5.41, 5.74) is 6.29. The number of nitrogens with two attached hydrogens (primary N) is 1. The highest BCUT2D eigenvalue weighted by atomic mass is 19.4. The van der Waals surface area contributed by atoms with Crippen LogP contribution in [-0.4, -0.2) is 12.0 Å². The second-order valence-corrected chi connectivity index (χ2v) is 3.82. The molecule has 0 aliphatic rings. The molecule has 2 nitrogen and oxygen atoms in total. The van der Waals surface area contributed by atoms with Crippen molar-refractivity contribution in [3.05, 3.63) is 35.9 Å². The number of hydrogen-bond donors (Lipinski definition) is 1. The first kappa shape index (κ1) is 13.7. The van der Waals surface area contributed by atoms with E-state index < -0.39 is 18.6 Å². The van der Waals surface area contributed by atoms with Crippen molar-refractivity contribution in [3.8, 4) is 0 Å². The SMILES string of the molecule is NC(C(=O)CCCC(F)(F)F)c1ccccc1. The number of carbonyl (C=O) groups is 1. The van der Waals surface area contributed by atoms with E-state index in [1.54, 1.807) is 30.3 Å². The van der Waals surface area contributed by atoms with Gasteiger partial charge in [0.15, 0.2) is 5.78 Å². The molecule has 0 saturated carbocycles. The summed E-state index contributed by atoms with van der Waals surface area (Å²) in [5, 5.41) is 0. The van der Waals surface area contributed by atoms with Crippen molar-refractivity contribution in [2.45, 2.75) is 31.5 Å². The number of rotatable bonds is 5. The molecule has 1 aromatic rings. The Bertz CT molecular complexity index is 362. The zero-order valence-electron chi connectivity index (χ0n) is 9.20. The average Bonchev–Trinajstić information content (AvgIpc) is 2.27. The zero-order chi connectivity index (χ0) is 12.9. The van der Waals surface area contributed by atoms with E-state index in [0.29, 0.717) is 5.56 Å². The maximum absolute atomic E-state index is 11.9. The molecule has 0 amide bonds. The number of alkyl halides is 3. The predicted molar refractivity (Wildman–Crippen MR) is 58.3 cm³/mol. The molecule has 1 unspecified atom stereocenters. The number of ketones is 1. The van der Waals surface area contributed by atoms with Gasteiger partial charge in [0.25, 0.3) is 0 Å². The molecule has 1 rings (SSSR count). The first-order chi connectivity index (χ1) is 7.90. The third-order valence-electron chi connectivity index (χ3n) is 2.39. The minimum atomic E-state index is -4.21. The summed E-state index contributed by atoms with van der Waals surface area (Å²) >= 11 is 0. The highest BCUT2D eigenvalue weighted by Crippen LogP contribution is 2.23. The van der Waals surface area contributed by atoms with Gasteiger partial charge in [0.1, 0.15) is 0 Å². The molecule has 0 bridgehead atoms. The fraction of sp³-hybridized carbons (Fsp3) is 0.417. The van der Waals surface area contributed by atoms with Crippen LogP contribution in [0.1, 0.15) is 30.9 Å². The van der Waals surface area contributed by atoms with Crippen molar-refractivity contribution < 1.29 is 18.0 Å². The Hall–Kier alpha value is -1.36. The Morgan fingerprint density at radius 3 is 2.35 bits per heavy atom. The third-order valence-corrected chi connectivity index (χ3v) is 2.39. The second kappa shape index (κ2) is 5.82. The normalized spacial score (nSPS) is 13.4. The largest absolute Gasteiger partial charge is 0.389 e. The van der Waals surface area contributed by atoms with Crippen molar-refractivity contribution in [1.29, 1.82) is 0 Å². The molecule has 1 aromatic carbocycles. The Kier molecular flexibility index (Phi) is 4.69. The first-order valence-corrected chi connectivity index (χ1v) is 5.30. The van der Waals surface area contributed by atoms with E-state index in [1.807, 2.05) is 0 Å². The topological polar surface area (TPSA) is 43.1 Å². The minimum absolute atomic E-state index is 0.143. The monoisotopic (exact) mass is 245 g/mol. The number of carbonyl (C=O) groups excluding carboxylic acids is 1. The molecule has 5 heteroatoms. The van der Waals surface area contributed by atoms with Gasteiger partial charge in [-0.15, -0.1) is 0 Å². The summed E-state index contributed by atoms with van der Waals surface area (Å²) in [6, 6.07) is 7.80. The van der Waals surface area contributed by atoms with E-state index in [4.69, 9.17) is 5.73 Å². The van der Waals surface area contributed by atoms with Crippen LogP contribution < -0.4 is 5.73 Å². The van der Waals surface area contributed by atoms with Gasteiger partial charge in [-0.05, 0) is 12.0 Å². The maximum atomic E-state index is 11.9. The van der Waals surface area contributed by atoms with Gasteiger partial charge in [0, 0.05) is 12.8 Å². The van der Waals surface area contributed by atoms with Gasteiger partial charge >= 0.3 is 6.18 Å². The van der Waals surface area contributed by atoms with Crippen LogP contribution in [0.15, 0.2) is 30.3 Å². The molecular weight excluding hydrogens is 231 g/mol. The molecule has 0 radical (unpaired) electrons. The average molecular weight is 245 g/mol. The molecule has 0 spiro atoms. The molecule has 0 aliphatic carbocycles. The fourth-order valence-electron chi connectivity index (χ4n) is 1.46. The summed E-state index contributed by atoms with van der Waals surface area (Å²) in [4.78, 5) is 11.5. The lowest BCUT2D eigenvalue weighted by atomic mass is 10.00. The number of Topliss-reactive ketones (excluding diaryl/α,β-unsaturated/α-hetero) is 1. The molecule has 0 saturated heterocycles. The van der Waals surface area contributed by atoms with Crippen LogP contribution in [0.5, 0.6) is 0 Å². The summed E-state index contributed by atoms with van der Waals surface area (Å²) in [5.74, 6) is -0.361.